The van der Waals surface area contributed by atoms with E-state index in [1.54, 1.807) is 12.5 Å². The van der Waals surface area contributed by atoms with Crippen molar-refractivity contribution in [1.82, 2.24) is 25.9 Å². The molecule has 0 saturated heterocycles. The third-order valence-electron chi connectivity index (χ3n) is 6.08. The van der Waals surface area contributed by atoms with Crippen LogP contribution in [0, 0.1) is 6.92 Å². The maximum Gasteiger partial charge on any atom is 0.256 e. The minimum atomic E-state index is -2.24. The number of aromatic amines is 1. The molecule has 2 aliphatic rings. The molecule has 0 saturated carbocycles. The van der Waals surface area contributed by atoms with Crippen LogP contribution in [-0.2, 0) is 26.5 Å². The Morgan fingerprint density at radius 1 is 1.12 bits per heavy atom. The highest BCUT2D eigenvalue weighted by molar-refractivity contribution is 7.92. The van der Waals surface area contributed by atoms with Crippen LogP contribution in [0.5, 0.6) is 0 Å². The van der Waals surface area contributed by atoms with Crippen molar-refractivity contribution in [2.24, 2.45) is 4.36 Å². The number of nitrogens with zero attached hydrogens (tertiary/aromatic N) is 4. The van der Waals surface area contributed by atoms with E-state index in [0.717, 1.165) is 40.7 Å². The Balaban J connectivity index is 1.63. The van der Waals surface area contributed by atoms with Crippen LogP contribution in [0.15, 0.2) is 46.8 Å². The molecule has 2 N–H and O–H groups in total. The zero-order chi connectivity index (χ0) is 22.5. The van der Waals surface area contributed by atoms with Gasteiger partial charge in [-0.1, -0.05) is 35.9 Å². The molecular formula is C23H24N6O2S. The maximum absolute atomic E-state index is 13.4. The molecule has 1 amide bonds. The molecular weight excluding hydrogens is 424 g/mol. The molecule has 164 valence electrons. The summed E-state index contributed by atoms with van der Waals surface area (Å²) in [5.74, 6) is 0.0842. The number of hydrogen-bond donors (Lipinski definition) is 2. The number of aryl methyl sites for hydroxylation is 2. The van der Waals surface area contributed by atoms with Gasteiger partial charge in [-0.3, -0.25) is 4.79 Å². The highest BCUT2D eigenvalue weighted by Gasteiger charge is 2.46. The van der Waals surface area contributed by atoms with Crippen LogP contribution in [0.4, 0.5) is 5.69 Å². The van der Waals surface area contributed by atoms with Crippen molar-refractivity contribution in [3.8, 4) is 0 Å². The van der Waals surface area contributed by atoms with E-state index in [2.05, 4.69) is 30.3 Å². The average Bonchev–Trinajstić information content (AvgIpc) is 3.36. The second kappa shape index (κ2) is 7.37. The van der Waals surface area contributed by atoms with Crippen LogP contribution in [-0.4, -0.2) is 43.3 Å². The molecule has 0 unspecified atom stereocenters. The number of aromatic nitrogens is 4. The summed E-state index contributed by atoms with van der Waals surface area (Å²) < 4.78 is 16.5. The van der Waals surface area contributed by atoms with Crippen molar-refractivity contribution in [1.29, 1.82) is 0 Å². The first kappa shape index (κ1) is 20.6. The monoisotopic (exact) mass is 448 g/mol. The summed E-state index contributed by atoms with van der Waals surface area (Å²) in [6, 6.07) is 14.0. The van der Waals surface area contributed by atoms with E-state index >= 15 is 0 Å². The smallest absolute Gasteiger partial charge is 0.256 e. The van der Waals surface area contributed by atoms with E-state index in [-0.39, 0.29) is 5.91 Å². The first-order valence-electron chi connectivity index (χ1n) is 10.4. The summed E-state index contributed by atoms with van der Waals surface area (Å²) in [4.78, 5) is 13.4. The van der Waals surface area contributed by atoms with E-state index in [9.17, 15) is 9.00 Å². The molecule has 2 heterocycles. The Labute approximate surface area is 186 Å². The van der Waals surface area contributed by atoms with Crippen LogP contribution in [0.2, 0.25) is 0 Å². The van der Waals surface area contributed by atoms with Gasteiger partial charge in [-0.25, -0.2) is 4.21 Å². The Morgan fingerprint density at radius 2 is 1.91 bits per heavy atom. The predicted molar refractivity (Wildman–Crippen MR) is 123 cm³/mol. The van der Waals surface area contributed by atoms with Gasteiger partial charge >= 0.3 is 0 Å². The topological polar surface area (TPSA) is 113 Å². The zero-order valence-electron chi connectivity index (χ0n) is 18.2. The number of carbonyl (C=O) groups excluding carboxylic acids is 1. The van der Waals surface area contributed by atoms with Crippen molar-refractivity contribution in [3.05, 3.63) is 70.5 Å². The lowest BCUT2D eigenvalue weighted by atomic mass is 9.77. The molecule has 9 heteroatoms. The van der Waals surface area contributed by atoms with E-state index in [0.29, 0.717) is 23.5 Å². The fourth-order valence-corrected chi connectivity index (χ4v) is 5.34. The quantitative estimate of drug-likeness (QED) is 0.639. The molecule has 8 nitrogen and oxygen atoms in total. The number of benzene rings is 2. The number of amides is 1. The van der Waals surface area contributed by atoms with Gasteiger partial charge in [0.1, 0.15) is 0 Å². The van der Waals surface area contributed by atoms with Crippen LogP contribution < -0.4 is 5.32 Å². The van der Waals surface area contributed by atoms with Gasteiger partial charge in [-0.05, 0) is 59.4 Å². The lowest BCUT2D eigenvalue weighted by Gasteiger charge is -2.37. The zero-order valence-corrected chi connectivity index (χ0v) is 19.0. The normalized spacial score (nSPS) is 20.4. The summed E-state index contributed by atoms with van der Waals surface area (Å²) in [6.07, 6.45) is 5.46. The molecule has 1 atom stereocenters. The van der Waals surface area contributed by atoms with Gasteiger partial charge in [0, 0.05) is 28.7 Å². The fraction of sp³-hybridized carbons (Fsp3) is 0.304. The standard InChI is InChI=1S/C23H24N6O2S/c1-14-4-6-15(7-5-14)18-13-23(24-22(30)20(18)21-25-28-29-26-21)11-10-16-12-17(8-9-19(16)23)27-32(2,3)31/h4-9,12H,10-11,13H2,1-3H3,(H,24,30)(H,25,26,28,29)/t23-/m0/s1. The molecule has 0 radical (unpaired) electrons. The summed E-state index contributed by atoms with van der Waals surface area (Å²) in [5, 5.41) is 17.5. The number of tetrazole rings is 1. The average molecular weight is 449 g/mol. The molecule has 0 fully saturated rings. The van der Waals surface area contributed by atoms with Gasteiger partial charge in [-0.15, -0.1) is 10.2 Å². The number of rotatable bonds is 3. The summed E-state index contributed by atoms with van der Waals surface area (Å²) in [7, 11) is -2.24. The number of carbonyl (C=O) groups is 1. The van der Waals surface area contributed by atoms with Gasteiger partial charge in [0.2, 0.25) is 5.82 Å². The third kappa shape index (κ3) is 3.62. The second-order valence-corrected chi connectivity index (χ2v) is 11.3. The number of hydrogen-bond acceptors (Lipinski definition) is 6. The molecule has 0 bridgehead atoms. The van der Waals surface area contributed by atoms with Crippen molar-refractivity contribution in [2.75, 3.05) is 12.5 Å². The first-order chi connectivity index (χ1) is 15.2. The lowest BCUT2D eigenvalue weighted by molar-refractivity contribution is -0.117. The second-order valence-electron chi connectivity index (χ2n) is 8.78. The first-order valence-corrected chi connectivity index (χ1v) is 12.7. The van der Waals surface area contributed by atoms with E-state index in [1.165, 1.54) is 0 Å². The van der Waals surface area contributed by atoms with Gasteiger partial charge in [-0.2, -0.15) is 9.58 Å². The maximum atomic E-state index is 13.4. The van der Waals surface area contributed by atoms with Gasteiger partial charge < -0.3 is 5.32 Å². The lowest BCUT2D eigenvalue weighted by Crippen LogP contribution is -2.48. The Kier molecular flexibility index (Phi) is 4.74. The van der Waals surface area contributed by atoms with Gasteiger partial charge in [0.25, 0.3) is 5.91 Å². The summed E-state index contributed by atoms with van der Waals surface area (Å²) in [6.45, 7) is 2.04. The molecule has 1 aromatic heterocycles. The van der Waals surface area contributed by atoms with E-state index in [1.807, 2.05) is 49.4 Å². The van der Waals surface area contributed by atoms with E-state index in [4.69, 9.17) is 0 Å². The molecule has 2 aromatic carbocycles. The molecule has 1 aliphatic carbocycles. The fourth-order valence-electron chi connectivity index (χ4n) is 4.72. The Hall–Kier alpha value is -3.33. The van der Waals surface area contributed by atoms with Crippen LogP contribution >= 0.6 is 0 Å². The molecule has 3 aromatic rings. The number of fused-ring (bicyclic) bond motifs is 2. The summed E-state index contributed by atoms with van der Waals surface area (Å²) >= 11 is 0. The minimum absolute atomic E-state index is 0.208. The number of H-pyrrole nitrogens is 1. The number of nitrogens with one attached hydrogen (secondary N) is 2. The third-order valence-corrected chi connectivity index (χ3v) is 6.73. The van der Waals surface area contributed by atoms with E-state index < -0.39 is 15.3 Å². The highest BCUT2D eigenvalue weighted by Crippen LogP contribution is 2.48. The van der Waals surface area contributed by atoms with Gasteiger partial charge in [0.15, 0.2) is 0 Å². The SMILES string of the molecule is Cc1ccc(C2=C(c3nn[nH]n3)C(=O)N[C@@]3(CCc4cc(N=S(C)(C)=O)ccc43)C2)cc1. The van der Waals surface area contributed by atoms with Crippen LogP contribution in [0.1, 0.15) is 40.9 Å². The summed E-state index contributed by atoms with van der Waals surface area (Å²) in [5.41, 5.74) is 5.88. The largest absolute Gasteiger partial charge is 0.342 e. The molecule has 1 aliphatic heterocycles. The molecule has 5 rings (SSSR count). The van der Waals surface area contributed by atoms with Crippen molar-refractivity contribution in [2.45, 2.75) is 31.7 Å². The minimum Gasteiger partial charge on any atom is -0.342 e. The van der Waals surface area contributed by atoms with Crippen LogP contribution in [0.3, 0.4) is 0 Å². The van der Waals surface area contributed by atoms with Crippen molar-refractivity contribution in [3.63, 3.8) is 0 Å². The Bertz CT molecular complexity index is 1360. The van der Waals surface area contributed by atoms with Crippen molar-refractivity contribution < 1.29 is 9.00 Å². The molecule has 32 heavy (non-hydrogen) atoms. The predicted octanol–water partition coefficient (Wildman–Crippen LogP) is 3.14. The highest BCUT2D eigenvalue weighted by atomic mass is 32.2. The van der Waals surface area contributed by atoms with Crippen molar-refractivity contribution >= 4 is 32.5 Å². The molecule has 1 spiro atoms. The van der Waals surface area contributed by atoms with Crippen LogP contribution in [0.25, 0.3) is 11.1 Å². The van der Waals surface area contributed by atoms with Gasteiger partial charge in [0.05, 0.1) is 16.8 Å². The Morgan fingerprint density at radius 3 is 2.59 bits per heavy atom.